The number of nitriles is 1. The number of imidazole rings is 1. The molecule has 6 nitrogen and oxygen atoms in total. The van der Waals surface area contributed by atoms with Crippen LogP contribution >= 0.6 is 0 Å². The summed E-state index contributed by atoms with van der Waals surface area (Å²) in [6.45, 7) is 0.488. The van der Waals surface area contributed by atoms with Gasteiger partial charge in [-0.15, -0.1) is 0 Å². The van der Waals surface area contributed by atoms with Crippen molar-refractivity contribution in [1.29, 1.82) is 5.26 Å². The minimum atomic E-state index is -0.345. The fourth-order valence-electron chi connectivity index (χ4n) is 5.55. The van der Waals surface area contributed by atoms with E-state index >= 15 is 0 Å². The molecule has 2 aromatic carbocycles. The number of nitrogens with zero attached hydrogens (tertiary/aromatic N) is 3. The van der Waals surface area contributed by atoms with E-state index in [0.717, 1.165) is 24.5 Å². The van der Waals surface area contributed by atoms with Crippen LogP contribution < -0.4 is 10.6 Å². The van der Waals surface area contributed by atoms with E-state index in [1.165, 1.54) is 43.2 Å². The van der Waals surface area contributed by atoms with Gasteiger partial charge in [0.15, 0.2) is 0 Å². The van der Waals surface area contributed by atoms with E-state index < -0.39 is 0 Å². The predicted molar refractivity (Wildman–Crippen MR) is 129 cm³/mol. The summed E-state index contributed by atoms with van der Waals surface area (Å²) >= 11 is 0. The molecule has 0 radical (unpaired) electrons. The molecule has 2 N–H and O–H groups in total. The summed E-state index contributed by atoms with van der Waals surface area (Å²) in [5, 5.41) is 15.0. The van der Waals surface area contributed by atoms with Crippen LogP contribution in [0.15, 0.2) is 61.1 Å². The molecular formula is C27H29N5O. The highest BCUT2D eigenvalue weighted by molar-refractivity contribution is 5.89. The molecule has 1 aromatic heterocycles. The van der Waals surface area contributed by atoms with Crippen molar-refractivity contribution in [3.8, 4) is 17.3 Å². The highest BCUT2D eigenvalue weighted by Gasteiger charge is 2.43. The molecule has 0 bridgehead atoms. The molecule has 3 aromatic rings. The van der Waals surface area contributed by atoms with E-state index in [2.05, 4.69) is 50.5 Å². The lowest BCUT2D eigenvalue weighted by Crippen LogP contribution is -2.45. The lowest BCUT2D eigenvalue weighted by molar-refractivity contribution is 0.236. The fraction of sp³-hybridized carbons (Fsp3) is 0.370. The average Bonchev–Trinajstić information content (AvgIpc) is 3.44. The second-order valence-electron chi connectivity index (χ2n) is 9.27. The third-order valence-electron chi connectivity index (χ3n) is 7.31. The lowest BCUT2D eigenvalue weighted by atomic mass is 9.79. The molecule has 2 amide bonds. The van der Waals surface area contributed by atoms with Crippen molar-refractivity contribution in [2.24, 2.45) is 5.92 Å². The Kier molecular flexibility index (Phi) is 5.87. The van der Waals surface area contributed by atoms with Crippen molar-refractivity contribution in [3.63, 3.8) is 0 Å². The first-order valence-electron chi connectivity index (χ1n) is 11.9. The number of carbonyl (C=O) groups excluding carboxylic acids is 1. The second-order valence-corrected chi connectivity index (χ2v) is 9.27. The van der Waals surface area contributed by atoms with Gasteiger partial charge < -0.3 is 15.2 Å². The largest absolute Gasteiger partial charge is 0.335 e. The summed E-state index contributed by atoms with van der Waals surface area (Å²) in [6.07, 6.45) is 12.6. The quantitative estimate of drug-likeness (QED) is 0.520. The molecule has 168 valence electrons. The monoisotopic (exact) mass is 439 g/mol. The van der Waals surface area contributed by atoms with Crippen molar-refractivity contribution < 1.29 is 4.79 Å². The zero-order chi connectivity index (χ0) is 22.7. The van der Waals surface area contributed by atoms with Crippen LogP contribution in [0.3, 0.4) is 0 Å². The number of fused-ring (bicyclic) bond motifs is 3. The Morgan fingerprint density at radius 3 is 2.70 bits per heavy atom. The Labute approximate surface area is 194 Å². The summed E-state index contributed by atoms with van der Waals surface area (Å²) in [7, 11) is 0. The summed E-state index contributed by atoms with van der Waals surface area (Å²) in [5.74, 6) is 0.753. The molecule has 1 aliphatic heterocycles. The van der Waals surface area contributed by atoms with Gasteiger partial charge in [-0.2, -0.15) is 5.26 Å². The number of benzene rings is 2. The molecule has 0 saturated heterocycles. The summed E-state index contributed by atoms with van der Waals surface area (Å²) in [4.78, 5) is 17.3. The summed E-state index contributed by atoms with van der Waals surface area (Å²) < 4.78 is 2.27. The maximum absolute atomic E-state index is 12.8. The van der Waals surface area contributed by atoms with Crippen LogP contribution in [-0.4, -0.2) is 22.1 Å². The Morgan fingerprint density at radius 2 is 1.91 bits per heavy atom. The smallest absolute Gasteiger partial charge is 0.319 e. The number of anilines is 1. The van der Waals surface area contributed by atoms with Crippen LogP contribution in [0.1, 0.15) is 56.1 Å². The highest BCUT2D eigenvalue weighted by atomic mass is 16.2. The minimum absolute atomic E-state index is 0.247. The first-order chi connectivity index (χ1) is 16.2. The van der Waals surface area contributed by atoms with E-state index in [9.17, 15) is 4.79 Å². The first kappa shape index (κ1) is 21.3. The molecule has 1 fully saturated rings. The van der Waals surface area contributed by atoms with Crippen molar-refractivity contribution in [3.05, 3.63) is 72.2 Å². The molecule has 1 aliphatic carbocycles. The van der Waals surface area contributed by atoms with Crippen LogP contribution in [0.2, 0.25) is 0 Å². The number of nitrogens with one attached hydrogen (secondary N) is 2. The van der Waals surface area contributed by atoms with Crippen LogP contribution in [0, 0.1) is 17.2 Å². The normalized spacial score (nSPS) is 19.4. The molecule has 33 heavy (non-hydrogen) atoms. The van der Waals surface area contributed by atoms with E-state index in [0.29, 0.717) is 17.8 Å². The van der Waals surface area contributed by atoms with E-state index in [1.807, 2.05) is 12.5 Å². The van der Waals surface area contributed by atoms with Gasteiger partial charge in [-0.1, -0.05) is 56.4 Å². The number of hydrogen-bond donors (Lipinski definition) is 2. The van der Waals surface area contributed by atoms with Crippen molar-refractivity contribution in [1.82, 2.24) is 14.9 Å². The Morgan fingerprint density at radius 1 is 1.12 bits per heavy atom. The maximum atomic E-state index is 12.8. The molecule has 2 heterocycles. The van der Waals surface area contributed by atoms with Crippen molar-refractivity contribution in [2.75, 3.05) is 11.9 Å². The number of hydrogen-bond acceptors (Lipinski definition) is 3. The molecule has 1 atom stereocenters. The number of aromatic nitrogens is 2. The van der Waals surface area contributed by atoms with Gasteiger partial charge in [-0.25, -0.2) is 9.78 Å². The van der Waals surface area contributed by atoms with Crippen LogP contribution in [-0.2, 0) is 5.54 Å². The van der Waals surface area contributed by atoms with Crippen LogP contribution in [0.4, 0.5) is 10.5 Å². The number of amides is 2. The van der Waals surface area contributed by atoms with E-state index in [-0.39, 0.29) is 11.6 Å². The molecule has 1 saturated carbocycles. The topological polar surface area (TPSA) is 82.7 Å². The third kappa shape index (κ3) is 4.11. The molecule has 6 heteroatoms. The predicted octanol–water partition coefficient (Wildman–Crippen LogP) is 5.66. The Hall–Kier alpha value is -3.59. The number of rotatable bonds is 6. The molecule has 0 spiro atoms. The average molecular weight is 440 g/mol. The van der Waals surface area contributed by atoms with Gasteiger partial charge in [-0.3, -0.25) is 0 Å². The van der Waals surface area contributed by atoms with Crippen molar-refractivity contribution in [2.45, 2.75) is 50.5 Å². The van der Waals surface area contributed by atoms with E-state index in [4.69, 9.17) is 5.26 Å². The van der Waals surface area contributed by atoms with Gasteiger partial charge in [0, 0.05) is 17.8 Å². The first-order valence-corrected chi connectivity index (χ1v) is 11.9. The third-order valence-corrected chi connectivity index (χ3v) is 7.31. The van der Waals surface area contributed by atoms with Gasteiger partial charge >= 0.3 is 6.03 Å². The molecule has 2 aliphatic rings. The molecule has 1 unspecified atom stereocenters. The zero-order valence-corrected chi connectivity index (χ0v) is 18.8. The number of carbonyl (C=O) groups is 1. The van der Waals surface area contributed by atoms with Gasteiger partial charge in [0.25, 0.3) is 0 Å². The minimum Gasteiger partial charge on any atom is -0.335 e. The van der Waals surface area contributed by atoms with Gasteiger partial charge in [0.2, 0.25) is 0 Å². The van der Waals surface area contributed by atoms with Crippen LogP contribution in [0.5, 0.6) is 0 Å². The van der Waals surface area contributed by atoms with Gasteiger partial charge in [-0.05, 0) is 48.6 Å². The molecule has 5 rings (SSSR count). The lowest BCUT2D eigenvalue weighted by Gasteiger charge is -2.35. The SMILES string of the molecule is N#Cc1ccc(NC(=O)NCC2(CCC3CCCCC3)c3ccccc3-c3cncn32)cc1. The highest BCUT2D eigenvalue weighted by Crippen LogP contribution is 2.46. The standard InChI is InChI=1S/C27H29N5O/c28-16-21-10-12-22(13-11-21)31-26(33)30-18-27(15-14-20-6-2-1-3-7-20)24-9-5-4-8-23(24)25-17-29-19-32(25)27/h4-5,8-13,17,19-20H,1-3,6-7,14-15,18H2,(H2,30,31,33). The summed E-state index contributed by atoms with van der Waals surface area (Å²) in [5.41, 5.74) is 4.46. The fourth-order valence-corrected chi connectivity index (χ4v) is 5.55. The zero-order valence-electron chi connectivity index (χ0n) is 18.8. The van der Waals surface area contributed by atoms with Gasteiger partial charge in [0.05, 0.1) is 35.4 Å². The number of urea groups is 1. The maximum Gasteiger partial charge on any atom is 0.319 e. The second kappa shape index (κ2) is 9.11. The molecular weight excluding hydrogens is 410 g/mol. The van der Waals surface area contributed by atoms with Crippen molar-refractivity contribution >= 4 is 11.7 Å². The summed E-state index contributed by atoms with van der Waals surface area (Å²) in [6, 6.07) is 17.2. The Balaban J connectivity index is 1.38. The Bertz CT molecular complexity index is 1170. The van der Waals surface area contributed by atoms with Crippen LogP contribution in [0.25, 0.3) is 11.3 Å². The van der Waals surface area contributed by atoms with E-state index in [1.54, 1.807) is 24.3 Å². The van der Waals surface area contributed by atoms with Gasteiger partial charge in [0.1, 0.15) is 0 Å².